The van der Waals surface area contributed by atoms with Gasteiger partial charge in [-0.3, -0.25) is 9.59 Å². The van der Waals surface area contributed by atoms with Crippen molar-refractivity contribution in [3.63, 3.8) is 0 Å². The van der Waals surface area contributed by atoms with E-state index in [4.69, 9.17) is 5.73 Å². The van der Waals surface area contributed by atoms with E-state index in [0.29, 0.717) is 28.2 Å². The Labute approximate surface area is 177 Å². The Morgan fingerprint density at radius 1 is 0.935 bits per heavy atom. The van der Waals surface area contributed by atoms with Crippen molar-refractivity contribution in [2.45, 2.75) is 6.54 Å². The molecule has 0 aliphatic rings. The van der Waals surface area contributed by atoms with Gasteiger partial charge in [-0.15, -0.1) is 0 Å². The highest BCUT2D eigenvalue weighted by Crippen LogP contribution is 2.18. The van der Waals surface area contributed by atoms with Crippen LogP contribution in [0.2, 0.25) is 0 Å². The number of halogens is 1. The molecule has 0 unspecified atom stereocenters. The molecule has 7 heteroatoms. The van der Waals surface area contributed by atoms with Crippen molar-refractivity contribution >= 4 is 17.3 Å². The van der Waals surface area contributed by atoms with E-state index in [1.165, 1.54) is 22.9 Å². The van der Waals surface area contributed by atoms with Crippen molar-refractivity contribution in [1.82, 2.24) is 9.78 Å². The summed E-state index contributed by atoms with van der Waals surface area (Å²) in [7, 11) is 0. The second-order valence-electron chi connectivity index (χ2n) is 6.96. The first kappa shape index (κ1) is 20.0. The van der Waals surface area contributed by atoms with Gasteiger partial charge in [0.05, 0.1) is 23.6 Å². The number of aromatic nitrogens is 2. The number of carbonyl (C=O) groups is 1. The molecule has 154 valence electrons. The molecule has 0 saturated heterocycles. The van der Waals surface area contributed by atoms with Crippen LogP contribution in [0.15, 0.2) is 89.7 Å². The lowest BCUT2D eigenvalue weighted by molar-refractivity contribution is 0.102. The Bertz CT molecular complexity index is 1280. The number of hydrogen-bond acceptors (Lipinski definition) is 4. The van der Waals surface area contributed by atoms with Gasteiger partial charge in [0.2, 0.25) is 0 Å². The van der Waals surface area contributed by atoms with E-state index in [1.54, 1.807) is 66.7 Å². The minimum absolute atomic E-state index is 0.238. The summed E-state index contributed by atoms with van der Waals surface area (Å²) in [5, 5.41) is 7.16. The first-order chi connectivity index (χ1) is 15.0. The SMILES string of the molecule is Nc1ccccc1NC(=O)c1ccc(Cn2nc(-c3ccc(F)cc3)ccc2=O)cc1. The third-order valence-electron chi connectivity index (χ3n) is 4.76. The number of amides is 1. The number of nitrogens with zero attached hydrogens (tertiary/aromatic N) is 2. The fraction of sp³-hybridized carbons (Fsp3) is 0.0417. The molecule has 4 rings (SSSR count). The van der Waals surface area contributed by atoms with E-state index in [-0.39, 0.29) is 23.8 Å². The molecule has 1 amide bonds. The van der Waals surface area contributed by atoms with Gasteiger partial charge in [0, 0.05) is 17.2 Å². The number of hydrogen-bond donors (Lipinski definition) is 2. The minimum atomic E-state index is -0.337. The molecular formula is C24H19FN4O2. The Hall–Kier alpha value is -4.26. The molecule has 0 saturated carbocycles. The van der Waals surface area contributed by atoms with Crippen molar-refractivity contribution in [1.29, 1.82) is 0 Å². The number of benzene rings is 3. The van der Waals surface area contributed by atoms with E-state index >= 15 is 0 Å². The van der Waals surface area contributed by atoms with Crippen LogP contribution >= 0.6 is 0 Å². The first-order valence-electron chi connectivity index (χ1n) is 9.58. The molecular weight excluding hydrogens is 395 g/mol. The number of carbonyl (C=O) groups excluding carboxylic acids is 1. The summed E-state index contributed by atoms with van der Waals surface area (Å²) in [5.74, 6) is -0.616. The van der Waals surface area contributed by atoms with Crippen LogP contribution < -0.4 is 16.6 Å². The van der Waals surface area contributed by atoms with Gasteiger partial charge in [-0.25, -0.2) is 9.07 Å². The maximum atomic E-state index is 13.2. The van der Waals surface area contributed by atoms with Crippen LogP contribution in [0, 0.1) is 5.82 Å². The van der Waals surface area contributed by atoms with Crippen molar-refractivity contribution in [3.05, 3.63) is 112 Å². The van der Waals surface area contributed by atoms with E-state index in [2.05, 4.69) is 10.4 Å². The highest BCUT2D eigenvalue weighted by molar-refractivity contribution is 6.05. The molecule has 0 fully saturated rings. The molecule has 31 heavy (non-hydrogen) atoms. The standard InChI is InChI=1S/C24H19FN4O2/c25-19-11-9-17(10-12-19)21-13-14-23(30)29(28-21)15-16-5-7-18(8-6-16)24(31)27-22-4-2-1-3-20(22)26/h1-14H,15,26H2,(H,27,31). The lowest BCUT2D eigenvalue weighted by Crippen LogP contribution is -2.23. The van der Waals surface area contributed by atoms with Crippen LogP contribution in [0.3, 0.4) is 0 Å². The summed E-state index contributed by atoms with van der Waals surface area (Å²) in [4.78, 5) is 24.7. The predicted molar refractivity (Wildman–Crippen MR) is 118 cm³/mol. The third kappa shape index (κ3) is 4.67. The normalized spacial score (nSPS) is 10.6. The van der Waals surface area contributed by atoms with Crippen molar-refractivity contribution in [2.24, 2.45) is 0 Å². The highest BCUT2D eigenvalue weighted by Gasteiger charge is 2.09. The van der Waals surface area contributed by atoms with E-state index in [0.717, 1.165) is 5.56 Å². The van der Waals surface area contributed by atoms with Crippen LogP contribution in [-0.2, 0) is 6.54 Å². The molecule has 0 spiro atoms. The lowest BCUT2D eigenvalue weighted by Gasteiger charge is -2.10. The van der Waals surface area contributed by atoms with Crippen LogP contribution in [0.5, 0.6) is 0 Å². The Morgan fingerprint density at radius 2 is 1.65 bits per heavy atom. The van der Waals surface area contributed by atoms with Crippen LogP contribution in [0.25, 0.3) is 11.3 Å². The molecule has 0 radical (unpaired) electrons. The zero-order chi connectivity index (χ0) is 21.8. The number of para-hydroxylation sites is 2. The Kier molecular flexibility index (Phi) is 5.57. The van der Waals surface area contributed by atoms with Gasteiger partial charge in [0.15, 0.2) is 0 Å². The lowest BCUT2D eigenvalue weighted by atomic mass is 10.1. The molecule has 0 bridgehead atoms. The quantitative estimate of drug-likeness (QED) is 0.484. The summed E-state index contributed by atoms with van der Waals surface area (Å²) in [6, 6.07) is 22.9. The summed E-state index contributed by atoms with van der Waals surface area (Å²) >= 11 is 0. The predicted octanol–water partition coefficient (Wildman–Crippen LogP) is 3.93. The maximum Gasteiger partial charge on any atom is 0.267 e. The molecule has 0 atom stereocenters. The molecule has 0 aliphatic heterocycles. The number of nitrogens with one attached hydrogen (secondary N) is 1. The summed E-state index contributed by atoms with van der Waals surface area (Å²) < 4.78 is 14.5. The van der Waals surface area contributed by atoms with Gasteiger partial charge in [0.1, 0.15) is 5.82 Å². The van der Waals surface area contributed by atoms with Gasteiger partial charge in [-0.05, 0) is 60.2 Å². The topological polar surface area (TPSA) is 90.0 Å². The molecule has 6 nitrogen and oxygen atoms in total. The van der Waals surface area contributed by atoms with Crippen molar-refractivity contribution in [2.75, 3.05) is 11.1 Å². The number of nitrogens with two attached hydrogens (primary N) is 1. The van der Waals surface area contributed by atoms with Crippen LogP contribution in [0.4, 0.5) is 15.8 Å². The van der Waals surface area contributed by atoms with Crippen molar-refractivity contribution < 1.29 is 9.18 Å². The second-order valence-corrected chi connectivity index (χ2v) is 6.96. The third-order valence-corrected chi connectivity index (χ3v) is 4.76. The van der Waals surface area contributed by atoms with Gasteiger partial charge in [-0.2, -0.15) is 5.10 Å². The molecule has 3 N–H and O–H groups in total. The monoisotopic (exact) mass is 414 g/mol. The first-order valence-corrected chi connectivity index (χ1v) is 9.58. The number of rotatable bonds is 5. The van der Waals surface area contributed by atoms with E-state index in [9.17, 15) is 14.0 Å². The average Bonchev–Trinajstić information content (AvgIpc) is 2.78. The molecule has 3 aromatic carbocycles. The Balaban J connectivity index is 1.51. The van der Waals surface area contributed by atoms with Crippen LogP contribution in [0.1, 0.15) is 15.9 Å². The van der Waals surface area contributed by atoms with Crippen LogP contribution in [-0.4, -0.2) is 15.7 Å². The Morgan fingerprint density at radius 3 is 2.35 bits per heavy atom. The van der Waals surface area contributed by atoms with E-state index in [1.807, 2.05) is 0 Å². The molecule has 4 aromatic rings. The zero-order valence-corrected chi connectivity index (χ0v) is 16.5. The van der Waals surface area contributed by atoms with Gasteiger partial charge in [-0.1, -0.05) is 24.3 Å². The fourth-order valence-electron chi connectivity index (χ4n) is 3.08. The second kappa shape index (κ2) is 8.62. The molecule has 1 heterocycles. The minimum Gasteiger partial charge on any atom is -0.397 e. The number of nitrogen functional groups attached to an aromatic ring is 1. The average molecular weight is 414 g/mol. The number of anilines is 2. The summed E-state index contributed by atoms with van der Waals surface area (Å²) in [6.45, 7) is 0.238. The van der Waals surface area contributed by atoms with Gasteiger partial charge in [0.25, 0.3) is 11.5 Å². The molecule has 1 aromatic heterocycles. The van der Waals surface area contributed by atoms with Gasteiger partial charge < -0.3 is 11.1 Å². The largest absolute Gasteiger partial charge is 0.397 e. The zero-order valence-electron chi connectivity index (χ0n) is 16.5. The highest BCUT2D eigenvalue weighted by atomic mass is 19.1. The van der Waals surface area contributed by atoms with Gasteiger partial charge >= 0.3 is 0 Å². The summed E-state index contributed by atoms with van der Waals surface area (Å²) in [6.07, 6.45) is 0. The van der Waals surface area contributed by atoms with Crippen molar-refractivity contribution in [3.8, 4) is 11.3 Å². The maximum absolute atomic E-state index is 13.2. The van der Waals surface area contributed by atoms with E-state index < -0.39 is 0 Å². The molecule has 0 aliphatic carbocycles. The smallest absolute Gasteiger partial charge is 0.267 e. The fourth-order valence-corrected chi connectivity index (χ4v) is 3.08. The summed E-state index contributed by atoms with van der Waals surface area (Å²) in [5.41, 5.74) is 9.18.